The molecule has 2 amide bonds. The summed E-state index contributed by atoms with van der Waals surface area (Å²) in [7, 11) is 1.63. The molecule has 1 N–H and O–H groups in total. The third-order valence-electron chi connectivity index (χ3n) is 4.46. The molecule has 3 heterocycles. The molecular formula is C17H15N5O4. The van der Waals surface area contributed by atoms with Crippen molar-refractivity contribution >= 4 is 23.3 Å². The highest BCUT2D eigenvalue weighted by Gasteiger charge is 2.36. The van der Waals surface area contributed by atoms with E-state index in [9.17, 15) is 9.59 Å². The summed E-state index contributed by atoms with van der Waals surface area (Å²) < 4.78 is 12.0. The van der Waals surface area contributed by atoms with Gasteiger partial charge in [0.2, 0.25) is 18.6 Å². The zero-order chi connectivity index (χ0) is 18.3. The van der Waals surface area contributed by atoms with Crippen molar-refractivity contribution in [2.45, 2.75) is 6.42 Å². The molecule has 1 aromatic heterocycles. The molecule has 0 radical (unpaired) electrons. The standard InChI is InChI=1S/C17H15N5O4/c1-21-16(11(6-18)7-19-21)20-17(24)10-4-15(23)22(8-10)12-2-3-13-14(5-12)26-9-25-13/h2-3,5,7,10H,4,8-9H2,1H3,(H,20,24). The molecule has 9 heteroatoms. The van der Waals surface area contributed by atoms with Gasteiger partial charge in [-0.05, 0) is 12.1 Å². The molecule has 1 aromatic carbocycles. The Morgan fingerprint density at radius 1 is 1.38 bits per heavy atom. The van der Waals surface area contributed by atoms with Crippen LogP contribution in [0.4, 0.5) is 11.5 Å². The normalized spacial score (nSPS) is 18.1. The molecule has 26 heavy (non-hydrogen) atoms. The van der Waals surface area contributed by atoms with Gasteiger partial charge in [0, 0.05) is 31.8 Å². The van der Waals surface area contributed by atoms with E-state index in [1.165, 1.54) is 10.9 Å². The first-order valence-electron chi connectivity index (χ1n) is 8.00. The van der Waals surface area contributed by atoms with Crippen molar-refractivity contribution in [2.75, 3.05) is 23.6 Å². The molecule has 0 bridgehead atoms. The monoisotopic (exact) mass is 353 g/mol. The van der Waals surface area contributed by atoms with Crippen molar-refractivity contribution < 1.29 is 19.1 Å². The number of nitrogens with one attached hydrogen (secondary N) is 1. The van der Waals surface area contributed by atoms with Gasteiger partial charge in [0.1, 0.15) is 17.5 Å². The lowest BCUT2D eigenvalue weighted by atomic mass is 10.1. The number of aromatic nitrogens is 2. The van der Waals surface area contributed by atoms with Crippen LogP contribution in [0.3, 0.4) is 0 Å². The van der Waals surface area contributed by atoms with Crippen LogP contribution in [0, 0.1) is 17.2 Å². The average Bonchev–Trinajstić information content (AvgIpc) is 3.33. The molecule has 1 saturated heterocycles. The lowest BCUT2D eigenvalue weighted by Crippen LogP contribution is -2.28. The van der Waals surface area contributed by atoms with Gasteiger partial charge in [-0.1, -0.05) is 0 Å². The van der Waals surface area contributed by atoms with Gasteiger partial charge in [0.15, 0.2) is 11.5 Å². The molecule has 1 unspecified atom stereocenters. The smallest absolute Gasteiger partial charge is 0.231 e. The van der Waals surface area contributed by atoms with E-state index in [0.717, 1.165) is 0 Å². The third kappa shape index (κ3) is 2.61. The Labute approximate surface area is 148 Å². The molecule has 2 aromatic rings. The maximum absolute atomic E-state index is 12.6. The molecule has 4 rings (SSSR count). The highest BCUT2D eigenvalue weighted by molar-refractivity contribution is 6.03. The number of carbonyl (C=O) groups is 2. The van der Waals surface area contributed by atoms with Crippen LogP contribution < -0.4 is 19.7 Å². The second kappa shape index (κ2) is 6.07. The summed E-state index contributed by atoms with van der Waals surface area (Å²) in [5, 5.41) is 15.7. The number of hydrogen-bond acceptors (Lipinski definition) is 6. The number of nitrogens with zero attached hydrogens (tertiary/aromatic N) is 4. The summed E-state index contributed by atoms with van der Waals surface area (Å²) in [5.41, 5.74) is 0.936. The number of ether oxygens (including phenoxy) is 2. The van der Waals surface area contributed by atoms with Crippen LogP contribution in [-0.2, 0) is 16.6 Å². The van der Waals surface area contributed by atoms with Crippen molar-refractivity contribution in [2.24, 2.45) is 13.0 Å². The number of carbonyl (C=O) groups excluding carboxylic acids is 2. The van der Waals surface area contributed by atoms with E-state index < -0.39 is 5.92 Å². The van der Waals surface area contributed by atoms with Crippen LogP contribution in [0.1, 0.15) is 12.0 Å². The molecule has 0 spiro atoms. The minimum atomic E-state index is -0.519. The highest BCUT2D eigenvalue weighted by atomic mass is 16.7. The summed E-state index contributed by atoms with van der Waals surface area (Å²) in [6.07, 6.45) is 1.48. The fourth-order valence-corrected chi connectivity index (χ4v) is 3.07. The van der Waals surface area contributed by atoms with E-state index in [1.54, 1.807) is 30.1 Å². The van der Waals surface area contributed by atoms with Crippen molar-refractivity contribution in [3.8, 4) is 17.6 Å². The predicted octanol–water partition coefficient (Wildman–Crippen LogP) is 1.01. The van der Waals surface area contributed by atoms with Gasteiger partial charge >= 0.3 is 0 Å². The quantitative estimate of drug-likeness (QED) is 0.882. The molecular weight excluding hydrogens is 338 g/mol. The number of aryl methyl sites for hydroxylation is 1. The summed E-state index contributed by atoms with van der Waals surface area (Å²) >= 11 is 0. The van der Waals surface area contributed by atoms with Gasteiger partial charge in [-0.2, -0.15) is 10.4 Å². The van der Waals surface area contributed by atoms with Gasteiger partial charge in [-0.25, -0.2) is 0 Å². The lowest BCUT2D eigenvalue weighted by molar-refractivity contribution is -0.122. The van der Waals surface area contributed by atoms with Gasteiger partial charge in [0.05, 0.1) is 12.1 Å². The first-order chi connectivity index (χ1) is 12.6. The Balaban J connectivity index is 1.50. The second-order valence-electron chi connectivity index (χ2n) is 6.07. The largest absolute Gasteiger partial charge is 0.454 e. The molecule has 0 aliphatic carbocycles. The maximum Gasteiger partial charge on any atom is 0.231 e. The van der Waals surface area contributed by atoms with E-state index in [1.807, 2.05) is 6.07 Å². The van der Waals surface area contributed by atoms with Crippen molar-refractivity contribution in [1.82, 2.24) is 9.78 Å². The van der Waals surface area contributed by atoms with Crippen molar-refractivity contribution in [3.63, 3.8) is 0 Å². The number of rotatable bonds is 3. The predicted molar refractivity (Wildman–Crippen MR) is 89.6 cm³/mol. The van der Waals surface area contributed by atoms with Crippen molar-refractivity contribution in [1.29, 1.82) is 5.26 Å². The van der Waals surface area contributed by atoms with Gasteiger partial charge in [-0.15, -0.1) is 0 Å². The maximum atomic E-state index is 12.6. The van der Waals surface area contributed by atoms with Gasteiger partial charge in [0.25, 0.3) is 0 Å². The molecule has 2 aliphatic heterocycles. The summed E-state index contributed by atoms with van der Waals surface area (Å²) in [5.74, 6) is 0.559. The van der Waals surface area contributed by atoms with Crippen LogP contribution in [0.2, 0.25) is 0 Å². The Morgan fingerprint density at radius 2 is 2.19 bits per heavy atom. The zero-order valence-electron chi connectivity index (χ0n) is 13.9. The summed E-state index contributed by atoms with van der Waals surface area (Å²) in [6.45, 7) is 0.410. The minimum Gasteiger partial charge on any atom is -0.454 e. The average molecular weight is 353 g/mol. The molecule has 1 fully saturated rings. The summed E-state index contributed by atoms with van der Waals surface area (Å²) in [6, 6.07) is 7.22. The minimum absolute atomic E-state index is 0.0972. The highest BCUT2D eigenvalue weighted by Crippen LogP contribution is 2.37. The van der Waals surface area contributed by atoms with E-state index in [2.05, 4.69) is 10.4 Å². The number of anilines is 2. The molecule has 132 valence electrons. The van der Waals surface area contributed by atoms with Crippen molar-refractivity contribution in [3.05, 3.63) is 30.0 Å². The fraction of sp³-hybridized carbons (Fsp3) is 0.294. The van der Waals surface area contributed by atoms with E-state index in [-0.39, 0.29) is 37.1 Å². The SMILES string of the molecule is Cn1ncc(C#N)c1NC(=O)C1CC(=O)N(c2ccc3c(c2)OCO3)C1. The Kier molecular flexibility index (Phi) is 3.73. The van der Waals surface area contributed by atoms with Crippen LogP contribution in [-0.4, -0.2) is 34.9 Å². The molecule has 9 nitrogen and oxygen atoms in total. The first-order valence-corrected chi connectivity index (χ1v) is 8.00. The number of nitriles is 1. The number of benzene rings is 1. The van der Waals surface area contributed by atoms with E-state index in [4.69, 9.17) is 14.7 Å². The third-order valence-corrected chi connectivity index (χ3v) is 4.46. The van der Waals surface area contributed by atoms with E-state index >= 15 is 0 Å². The second-order valence-corrected chi connectivity index (χ2v) is 6.07. The summed E-state index contributed by atoms with van der Waals surface area (Å²) in [4.78, 5) is 26.5. The van der Waals surface area contributed by atoms with E-state index in [0.29, 0.717) is 23.0 Å². The van der Waals surface area contributed by atoms with Crippen LogP contribution >= 0.6 is 0 Å². The van der Waals surface area contributed by atoms with Gasteiger partial charge < -0.3 is 19.7 Å². The number of fused-ring (bicyclic) bond motifs is 1. The topological polar surface area (TPSA) is 109 Å². The molecule has 2 aliphatic rings. The lowest BCUT2D eigenvalue weighted by Gasteiger charge is -2.17. The molecule has 0 saturated carbocycles. The first kappa shape index (κ1) is 16.0. The fourth-order valence-electron chi connectivity index (χ4n) is 3.07. The van der Waals surface area contributed by atoms with Gasteiger partial charge in [-0.3, -0.25) is 14.3 Å². The number of hydrogen-bond donors (Lipinski definition) is 1. The number of amides is 2. The van der Waals surface area contributed by atoms with Crippen LogP contribution in [0.5, 0.6) is 11.5 Å². The Hall–Kier alpha value is -3.54. The Bertz CT molecular complexity index is 945. The molecule has 1 atom stereocenters. The van der Waals surface area contributed by atoms with Crippen LogP contribution in [0.25, 0.3) is 0 Å². The Morgan fingerprint density at radius 3 is 3.00 bits per heavy atom. The zero-order valence-corrected chi connectivity index (χ0v) is 13.9. The van der Waals surface area contributed by atoms with Crippen LogP contribution in [0.15, 0.2) is 24.4 Å².